The van der Waals surface area contributed by atoms with Crippen LogP contribution in [0, 0.1) is 0 Å². The SMILES string of the molecule is CC(C)c1c(Cl)ncnc1OCc1ccc2c(c1)OCO2. The molecule has 0 atom stereocenters. The van der Waals surface area contributed by atoms with Gasteiger partial charge in [0.15, 0.2) is 11.5 Å². The molecular weight excluding hydrogens is 292 g/mol. The summed E-state index contributed by atoms with van der Waals surface area (Å²) in [5, 5.41) is 0.431. The first-order valence-corrected chi connectivity index (χ1v) is 7.04. The number of benzene rings is 1. The van der Waals surface area contributed by atoms with E-state index in [2.05, 4.69) is 9.97 Å². The minimum atomic E-state index is 0.186. The van der Waals surface area contributed by atoms with E-state index in [-0.39, 0.29) is 12.7 Å². The first-order chi connectivity index (χ1) is 10.1. The molecule has 6 heteroatoms. The van der Waals surface area contributed by atoms with E-state index >= 15 is 0 Å². The molecule has 1 aromatic carbocycles. The van der Waals surface area contributed by atoms with Crippen LogP contribution in [0.3, 0.4) is 0 Å². The van der Waals surface area contributed by atoms with Crippen LogP contribution in [0.2, 0.25) is 5.15 Å². The molecule has 0 saturated carbocycles. The molecule has 0 radical (unpaired) electrons. The van der Waals surface area contributed by atoms with E-state index in [1.807, 2.05) is 32.0 Å². The second-order valence-electron chi connectivity index (χ2n) is 5.01. The third kappa shape index (κ3) is 2.88. The normalized spacial score (nSPS) is 12.8. The standard InChI is InChI=1S/C15H15ClN2O3/c1-9(2)13-14(16)17-7-18-15(13)19-6-10-3-4-11-12(5-10)21-8-20-11/h3-5,7,9H,6,8H2,1-2H3. The molecule has 3 rings (SSSR count). The molecule has 110 valence electrons. The van der Waals surface area contributed by atoms with E-state index in [1.54, 1.807) is 0 Å². The average Bonchev–Trinajstić information content (AvgIpc) is 2.92. The van der Waals surface area contributed by atoms with Crippen molar-refractivity contribution < 1.29 is 14.2 Å². The molecule has 2 aromatic rings. The van der Waals surface area contributed by atoms with Crippen LogP contribution in [-0.2, 0) is 6.61 Å². The molecular formula is C15H15ClN2O3. The monoisotopic (exact) mass is 306 g/mol. The van der Waals surface area contributed by atoms with Gasteiger partial charge in [-0.2, -0.15) is 0 Å². The van der Waals surface area contributed by atoms with Gasteiger partial charge in [0, 0.05) is 0 Å². The van der Waals surface area contributed by atoms with Crippen molar-refractivity contribution in [3.8, 4) is 17.4 Å². The predicted octanol–water partition coefficient (Wildman–Crippen LogP) is 3.56. The number of ether oxygens (including phenoxy) is 3. The van der Waals surface area contributed by atoms with Crippen LogP contribution < -0.4 is 14.2 Å². The molecule has 0 N–H and O–H groups in total. The summed E-state index contributed by atoms with van der Waals surface area (Å²) < 4.78 is 16.4. The Kier molecular flexibility index (Phi) is 3.84. The number of hydrogen-bond acceptors (Lipinski definition) is 5. The summed E-state index contributed by atoms with van der Waals surface area (Å²) in [5.74, 6) is 2.20. The van der Waals surface area contributed by atoms with Crippen LogP contribution >= 0.6 is 11.6 Å². The highest BCUT2D eigenvalue weighted by Crippen LogP contribution is 2.33. The Labute approximate surface area is 127 Å². The van der Waals surface area contributed by atoms with Gasteiger partial charge in [0.2, 0.25) is 12.7 Å². The molecule has 2 heterocycles. The highest BCUT2D eigenvalue weighted by Gasteiger charge is 2.16. The van der Waals surface area contributed by atoms with E-state index < -0.39 is 0 Å². The Hall–Kier alpha value is -2.01. The van der Waals surface area contributed by atoms with Gasteiger partial charge in [-0.05, 0) is 23.6 Å². The molecule has 5 nitrogen and oxygen atoms in total. The maximum absolute atomic E-state index is 6.12. The molecule has 0 saturated heterocycles. The van der Waals surface area contributed by atoms with Crippen molar-refractivity contribution in [3.05, 3.63) is 40.8 Å². The van der Waals surface area contributed by atoms with Crippen LogP contribution in [0.1, 0.15) is 30.9 Å². The molecule has 1 aliphatic heterocycles. The van der Waals surface area contributed by atoms with Crippen LogP contribution in [0.5, 0.6) is 17.4 Å². The number of halogens is 1. The summed E-state index contributed by atoms with van der Waals surface area (Å²) in [5.41, 5.74) is 1.80. The number of rotatable bonds is 4. The fourth-order valence-electron chi connectivity index (χ4n) is 2.14. The lowest BCUT2D eigenvalue weighted by Gasteiger charge is -2.13. The van der Waals surface area contributed by atoms with Gasteiger partial charge in [-0.15, -0.1) is 0 Å². The van der Waals surface area contributed by atoms with Crippen molar-refractivity contribution in [2.75, 3.05) is 6.79 Å². The number of aromatic nitrogens is 2. The molecule has 1 aliphatic rings. The van der Waals surface area contributed by atoms with Crippen LogP contribution in [0.15, 0.2) is 24.5 Å². The average molecular weight is 307 g/mol. The van der Waals surface area contributed by atoms with Crippen molar-refractivity contribution in [1.82, 2.24) is 9.97 Å². The van der Waals surface area contributed by atoms with Gasteiger partial charge >= 0.3 is 0 Å². The van der Waals surface area contributed by atoms with Crippen LogP contribution in [-0.4, -0.2) is 16.8 Å². The summed E-state index contributed by atoms with van der Waals surface area (Å²) >= 11 is 6.12. The molecule has 0 spiro atoms. The van der Waals surface area contributed by atoms with E-state index in [4.69, 9.17) is 25.8 Å². The Morgan fingerprint density at radius 1 is 1.24 bits per heavy atom. The van der Waals surface area contributed by atoms with Crippen molar-refractivity contribution in [3.63, 3.8) is 0 Å². The Bertz CT molecular complexity index is 661. The van der Waals surface area contributed by atoms with Gasteiger partial charge in [0.05, 0.1) is 5.56 Å². The summed E-state index contributed by atoms with van der Waals surface area (Å²) in [4.78, 5) is 8.18. The Morgan fingerprint density at radius 2 is 2.05 bits per heavy atom. The zero-order chi connectivity index (χ0) is 14.8. The van der Waals surface area contributed by atoms with Gasteiger partial charge in [-0.3, -0.25) is 0 Å². The topological polar surface area (TPSA) is 53.5 Å². The lowest BCUT2D eigenvalue weighted by molar-refractivity contribution is 0.174. The molecule has 21 heavy (non-hydrogen) atoms. The van der Waals surface area contributed by atoms with Crippen molar-refractivity contribution in [1.29, 1.82) is 0 Å². The maximum Gasteiger partial charge on any atom is 0.231 e. The van der Waals surface area contributed by atoms with Crippen LogP contribution in [0.25, 0.3) is 0 Å². The van der Waals surface area contributed by atoms with Gasteiger partial charge in [0.25, 0.3) is 0 Å². The van der Waals surface area contributed by atoms with Crippen LogP contribution in [0.4, 0.5) is 0 Å². The summed E-state index contributed by atoms with van der Waals surface area (Å²) in [6, 6.07) is 5.71. The highest BCUT2D eigenvalue weighted by molar-refractivity contribution is 6.30. The summed E-state index contributed by atoms with van der Waals surface area (Å²) in [7, 11) is 0. The van der Waals surface area contributed by atoms with Gasteiger partial charge in [0.1, 0.15) is 18.1 Å². The van der Waals surface area contributed by atoms with Gasteiger partial charge < -0.3 is 14.2 Å². The third-order valence-electron chi connectivity index (χ3n) is 3.19. The molecule has 0 bridgehead atoms. The first kappa shape index (κ1) is 13.9. The first-order valence-electron chi connectivity index (χ1n) is 6.67. The third-order valence-corrected chi connectivity index (χ3v) is 3.49. The second-order valence-corrected chi connectivity index (χ2v) is 5.37. The lowest BCUT2D eigenvalue weighted by atomic mass is 10.1. The quantitative estimate of drug-likeness (QED) is 0.808. The number of fused-ring (bicyclic) bond motifs is 1. The molecule has 0 amide bonds. The highest BCUT2D eigenvalue weighted by atomic mass is 35.5. The second kappa shape index (κ2) is 5.77. The predicted molar refractivity (Wildman–Crippen MR) is 78.0 cm³/mol. The van der Waals surface area contributed by atoms with E-state index in [1.165, 1.54) is 6.33 Å². The zero-order valence-corrected chi connectivity index (χ0v) is 12.6. The summed E-state index contributed by atoms with van der Waals surface area (Å²) in [6.07, 6.45) is 1.41. The summed E-state index contributed by atoms with van der Waals surface area (Å²) in [6.45, 7) is 4.69. The van der Waals surface area contributed by atoms with Crippen molar-refractivity contribution >= 4 is 11.6 Å². The Balaban J connectivity index is 1.78. The van der Waals surface area contributed by atoms with Crippen molar-refractivity contribution in [2.24, 2.45) is 0 Å². The lowest BCUT2D eigenvalue weighted by Crippen LogP contribution is -2.03. The fourth-order valence-corrected chi connectivity index (χ4v) is 2.48. The molecule has 0 unspecified atom stereocenters. The number of hydrogen-bond donors (Lipinski definition) is 0. The minimum absolute atomic E-state index is 0.186. The largest absolute Gasteiger partial charge is 0.472 e. The van der Waals surface area contributed by atoms with Crippen molar-refractivity contribution in [2.45, 2.75) is 26.4 Å². The van der Waals surface area contributed by atoms with E-state index in [9.17, 15) is 0 Å². The van der Waals surface area contributed by atoms with E-state index in [0.29, 0.717) is 17.6 Å². The number of nitrogens with zero attached hydrogens (tertiary/aromatic N) is 2. The van der Waals surface area contributed by atoms with Gasteiger partial charge in [-0.25, -0.2) is 9.97 Å². The molecule has 1 aromatic heterocycles. The van der Waals surface area contributed by atoms with Gasteiger partial charge in [-0.1, -0.05) is 31.5 Å². The molecule has 0 aliphatic carbocycles. The molecule has 0 fully saturated rings. The minimum Gasteiger partial charge on any atom is -0.472 e. The maximum atomic E-state index is 6.12. The smallest absolute Gasteiger partial charge is 0.231 e. The van der Waals surface area contributed by atoms with E-state index in [0.717, 1.165) is 22.6 Å². The fraction of sp³-hybridized carbons (Fsp3) is 0.333. The Morgan fingerprint density at radius 3 is 2.86 bits per heavy atom. The zero-order valence-electron chi connectivity index (χ0n) is 11.8.